The van der Waals surface area contributed by atoms with Gasteiger partial charge in [0.05, 0.1) is 19.9 Å². The average molecular weight is 449 g/mol. The van der Waals surface area contributed by atoms with E-state index in [0.29, 0.717) is 38.9 Å². The molecule has 4 aromatic rings. The number of benzene rings is 3. The Kier molecular flexibility index (Phi) is 6.14. The molecule has 1 heterocycles. The van der Waals surface area contributed by atoms with Crippen molar-refractivity contribution in [2.24, 2.45) is 0 Å². The van der Waals surface area contributed by atoms with Gasteiger partial charge >= 0.3 is 0 Å². The SMILES string of the molecule is COc1cccc(OC)c1NC(=O)Cn1c(-c2ccccc2Cl)cc2ccccc2c1=O. The molecule has 4 rings (SSSR count). The first-order valence-corrected chi connectivity index (χ1v) is 10.3. The molecule has 1 amide bonds. The summed E-state index contributed by atoms with van der Waals surface area (Å²) in [6.45, 7) is -0.217. The van der Waals surface area contributed by atoms with Crippen molar-refractivity contribution in [2.75, 3.05) is 19.5 Å². The molecule has 0 saturated carbocycles. The summed E-state index contributed by atoms with van der Waals surface area (Å²) in [5.74, 6) is 0.503. The van der Waals surface area contributed by atoms with E-state index >= 15 is 0 Å². The van der Waals surface area contributed by atoms with Crippen molar-refractivity contribution >= 4 is 34.0 Å². The molecule has 0 aliphatic heterocycles. The number of hydrogen-bond donors (Lipinski definition) is 1. The summed E-state index contributed by atoms with van der Waals surface area (Å²) in [4.78, 5) is 26.4. The second kappa shape index (κ2) is 9.16. The molecule has 0 aliphatic rings. The topological polar surface area (TPSA) is 69.6 Å². The number of carbonyl (C=O) groups is 1. The number of nitrogens with one attached hydrogen (secondary N) is 1. The molecule has 0 radical (unpaired) electrons. The Morgan fingerprint density at radius 2 is 1.59 bits per heavy atom. The number of halogens is 1. The smallest absolute Gasteiger partial charge is 0.259 e. The molecule has 0 bridgehead atoms. The van der Waals surface area contributed by atoms with Crippen LogP contribution in [-0.2, 0) is 11.3 Å². The Balaban J connectivity index is 1.80. The fourth-order valence-electron chi connectivity index (χ4n) is 3.64. The van der Waals surface area contributed by atoms with Gasteiger partial charge in [-0.15, -0.1) is 0 Å². The highest BCUT2D eigenvalue weighted by molar-refractivity contribution is 6.33. The summed E-state index contributed by atoms with van der Waals surface area (Å²) in [7, 11) is 3.02. The van der Waals surface area contributed by atoms with Crippen LogP contribution < -0.4 is 20.3 Å². The van der Waals surface area contributed by atoms with Crippen molar-refractivity contribution in [3.63, 3.8) is 0 Å². The molecule has 162 valence electrons. The molecule has 6 nitrogen and oxygen atoms in total. The van der Waals surface area contributed by atoms with Crippen molar-refractivity contribution in [3.8, 4) is 22.8 Å². The van der Waals surface area contributed by atoms with Crippen LogP contribution in [0.5, 0.6) is 11.5 Å². The molecule has 0 saturated heterocycles. The van der Waals surface area contributed by atoms with Crippen LogP contribution in [0.25, 0.3) is 22.0 Å². The first-order chi connectivity index (χ1) is 15.5. The van der Waals surface area contributed by atoms with Crippen molar-refractivity contribution in [1.29, 1.82) is 0 Å². The summed E-state index contributed by atoms with van der Waals surface area (Å²) in [5.41, 5.74) is 1.34. The van der Waals surface area contributed by atoms with E-state index in [9.17, 15) is 9.59 Å². The molecule has 7 heteroatoms. The molecular weight excluding hydrogens is 428 g/mol. The number of nitrogens with zero attached hydrogens (tertiary/aromatic N) is 1. The van der Waals surface area contributed by atoms with Gasteiger partial charge < -0.3 is 14.8 Å². The highest BCUT2D eigenvalue weighted by Gasteiger charge is 2.18. The van der Waals surface area contributed by atoms with E-state index in [-0.39, 0.29) is 12.1 Å². The Hall–Kier alpha value is -3.77. The van der Waals surface area contributed by atoms with Gasteiger partial charge in [-0.1, -0.05) is 54.1 Å². The lowest BCUT2D eigenvalue weighted by Crippen LogP contribution is -2.29. The summed E-state index contributed by atoms with van der Waals surface area (Å²) in [6, 6.07) is 21.6. The zero-order valence-corrected chi connectivity index (χ0v) is 18.3. The van der Waals surface area contributed by atoms with Crippen LogP contribution in [0.4, 0.5) is 5.69 Å². The van der Waals surface area contributed by atoms with Gasteiger partial charge in [0, 0.05) is 16.0 Å². The molecule has 0 spiro atoms. The summed E-state index contributed by atoms with van der Waals surface area (Å²) >= 11 is 6.43. The Bertz CT molecular complexity index is 1340. The van der Waals surface area contributed by atoms with E-state index in [1.54, 1.807) is 36.4 Å². The maximum Gasteiger partial charge on any atom is 0.259 e. The van der Waals surface area contributed by atoms with Crippen LogP contribution in [0.1, 0.15) is 0 Å². The van der Waals surface area contributed by atoms with E-state index in [1.807, 2.05) is 36.4 Å². The van der Waals surface area contributed by atoms with Crippen molar-refractivity contribution in [1.82, 2.24) is 4.57 Å². The van der Waals surface area contributed by atoms with Gasteiger partial charge in [0.1, 0.15) is 23.7 Å². The minimum atomic E-state index is -0.404. The lowest BCUT2D eigenvalue weighted by Gasteiger charge is -2.17. The second-order valence-corrected chi connectivity index (χ2v) is 7.48. The molecule has 0 unspecified atom stereocenters. The highest BCUT2D eigenvalue weighted by atomic mass is 35.5. The number of aromatic nitrogens is 1. The maximum absolute atomic E-state index is 13.4. The predicted octanol–water partition coefficient (Wildman–Crippen LogP) is 4.98. The number of para-hydroxylation sites is 1. The summed E-state index contributed by atoms with van der Waals surface area (Å²) in [6.07, 6.45) is 0. The van der Waals surface area contributed by atoms with Gasteiger partial charge in [-0.3, -0.25) is 14.2 Å². The number of rotatable bonds is 6. The molecule has 0 atom stereocenters. The molecule has 1 N–H and O–H groups in total. The molecule has 3 aromatic carbocycles. The number of carbonyl (C=O) groups excluding carboxylic acids is 1. The van der Waals surface area contributed by atoms with E-state index < -0.39 is 5.91 Å². The van der Waals surface area contributed by atoms with E-state index in [2.05, 4.69) is 5.32 Å². The number of fused-ring (bicyclic) bond motifs is 1. The van der Waals surface area contributed by atoms with Crippen molar-refractivity contribution in [3.05, 3.63) is 88.2 Å². The van der Waals surface area contributed by atoms with Crippen LogP contribution in [0, 0.1) is 0 Å². The normalized spacial score (nSPS) is 10.7. The highest BCUT2D eigenvalue weighted by Crippen LogP contribution is 2.34. The van der Waals surface area contributed by atoms with Crippen LogP contribution in [0.3, 0.4) is 0 Å². The minimum Gasteiger partial charge on any atom is -0.494 e. The Labute approximate surface area is 190 Å². The largest absolute Gasteiger partial charge is 0.494 e. The third-order valence-electron chi connectivity index (χ3n) is 5.16. The number of pyridine rings is 1. The van der Waals surface area contributed by atoms with Gasteiger partial charge in [-0.05, 0) is 35.7 Å². The first-order valence-electron chi connectivity index (χ1n) is 9.92. The number of amides is 1. The predicted molar refractivity (Wildman–Crippen MR) is 127 cm³/mol. The average Bonchev–Trinajstić information content (AvgIpc) is 2.81. The van der Waals surface area contributed by atoms with Gasteiger partial charge in [0.2, 0.25) is 5.91 Å². The molecule has 0 fully saturated rings. The number of ether oxygens (including phenoxy) is 2. The molecule has 1 aromatic heterocycles. The van der Waals surface area contributed by atoms with Crippen molar-refractivity contribution in [2.45, 2.75) is 6.54 Å². The fraction of sp³-hybridized carbons (Fsp3) is 0.120. The third kappa shape index (κ3) is 4.05. The van der Waals surface area contributed by atoms with E-state index in [1.165, 1.54) is 18.8 Å². The lowest BCUT2D eigenvalue weighted by atomic mass is 10.1. The van der Waals surface area contributed by atoms with Gasteiger partial charge in [0.15, 0.2) is 0 Å². The fourth-order valence-corrected chi connectivity index (χ4v) is 3.88. The number of hydrogen-bond acceptors (Lipinski definition) is 4. The third-order valence-corrected chi connectivity index (χ3v) is 5.49. The summed E-state index contributed by atoms with van der Waals surface area (Å²) in [5, 5.41) is 4.60. The van der Waals surface area contributed by atoms with Crippen molar-refractivity contribution < 1.29 is 14.3 Å². The van der Waals surface area contributed by atoms with E-state index in [4.69, 9.17) is 21.1 Å². The molecule has 0 aliphatic carbocycles. The zero-order valence-electron chi connectivity index (χ0n) is 17.6. The monoisotopic (exact) mass is 448 g/mol. The van der Waals surface area contributed by atoms with Gasteiger partial charge in [-0.2, -0.15) is 0 Å². The molecule has 32 heavy (non-hydrogen) atoms. The lowest BCUT2D eigenvalue weighted by molar-refractivity contribution is -0.116. The van der Waals surface area contributed by atoms with Crippen LogP contribution >= 0.6 is 11.6 Å². The zero-order chi connectivity index (χ0) is 22.7. The minimum absolute atomic E-state index is 0.217. The van der Waals surface area contributed by atoms with Gasteiger partial charge in [0.25, 0.3) is 5.56 Å². The molecular formula is C25H21ClN2O4. The number of anilines is 1. The number of methoxy groups -OCH3 is 2. The van der Waals surface area contributed by atoms with E-state index in [0.717, 1.165) is 5.39 Å². The Morgan fingerprint density at radius 3 is 2.28 bits per heavy atom. The van der Waals surface area contributed by atoms with Crippen LogP contribution in [0.15, 0.2) is 77.6 Å². The van der Waals surface area contributed by atoms with Gasteiger partial charge in [-0.25, -0.2) is 0 Å². The summed E-state index contributed by atoms with van der Waals surface area (Å²) < 4.78 is 12.1. The maximum atomic E-state index is 13.4. The Morgan fingerprint density at radius 1 is 0.938 bits per heavy atom. The van der Waals surface area contributed by atoms with Crippen LogP contribution in [0.2, 0.25) is 5.02 Å². The first kappa shape index (κ1) is 21.5. The standard InChI is InChI=1S/C25H21ClN2O4/c1-31-21-12-7-13-22(32-2)24(21)27-23(29)15-28-20(18-10-5-6-11-19(18)26)14-16-8-3-4-9-17(16)25(28)30/h3-14H,15H2,1-2H3,(H,27,29). The van der Waals surface area contributed by atoms with Crippen LogP contribution in [-0.4, -0.2) is 24.7 Å². The quantitative estimate of drug-likeness (QED) is 0.451. The second-order valence-electron chi connectivity index (χ2n) is 7.07.